The number of nitrogens with one attached hydrogen (secondary N) is 1. The van der Waals surface area contributed by atoms with Crippen LogP contribution in [0.2, 0.25) is 0 Å². The first kappa shape index (κ1) is 14.1. The summed E-state index contributed by atoms with van der Waals surface area (Å²) in [5.41, 5.74) is 2.82. The van der Waals surface area contributed by atoms with E-state index in [9.17, 15) is 0 Å². The summed E-state index contributed by atoms with van der Waals surface area (Å²) in [5.74, 6) is 2.32. The normalized spacial score (nSPS) is 10.2. The maximum absolute atomic E-state index is 5.30. The quantitative estimate of drug-likeness (QED) is 0.907. The Morgan fingerprint density at radius 2 is 1.70 bits per heavy atom. The minimum atomic E-state index is 0.738. The maximum Gasteiger partial charge on any atom is 0.132 e. The molecule has 0 radical (unpaired) electrons. The van der Waals surface area contributed by atoms with Crippen LogP contribution in [0, 0.1) is 6.92 Å². The molecule has 0 saturated carbocycles. The van der Waals surface area contributed by atoms with Gasteiger partial charge in [-0.05, 0) is 26.0 Å². The van der Waals surface area contributed by atoms with E-state index in [0.29, 0.717) is 0 Å². The highest BCUT2D eigenvalue weighted by molar-refractivity contribution is 5.70. The molecule has 0 fully saturated rings. The lowest BCUT2D eigenvalue weighted by atomic mass is 10.1. The van der Waals surface area contributed by atoms with Gasteiger partial charge in [-0.1, -0.05) is 0 Å². The second-order valence-corrected chi connectivity index (χ2v) is 4.33. The molecule has 5 heteroatoms. The summed E-state index contributed by atoms with van der Waals surface area (Å²) < 4.78 is 10.6. The lowest BCUT2D eigenvalue weighted by Crippen LogP contribution is -2.03. The second kappa shape index (κ2) is 6.23. The van der Waals surface area contributed by atoms with Crippen molar-refractivity contribution < 1.29 is 9.47 Å². The number of benzene rings is 1. The summed E-state index contributed by atoms with van der Waals surface area (Å²) in [4.78, 5) is 8.63. The molecule has 106 valence electrons. The Labute approximate surface area is 119 Å². The predicted octanol–water partition coefficient (Wildman–Crippen LogP) is 2.90. The lowest BCUT2D eigenvalue weighted by Gasteiger charge is -2.12. The van der Waals surface area contributed by atoms with E-state index in [1.807, 2.05) is 32.0 Å². The Morgan fingerprint density at radius 1 is 1.05 bits per heavy atom. The van der Waals surface area contributed by atoms with Crippen LogP contribution in [0.25, 0.3) is 11.3 Å². The monoisotopic (exact) mass is 273 g/mol. The van der Waals surface area contributed by atoms with Crippen LogP contribution in [0.15, 0.2) is 24.5 Å². The number of hydrogen-bond donors (Lipinski definition) is 1. The Morgan fingerprint density at radius 3 is 2.25 bits per heavy atom. The number of rotatable bonds is 5. The molecule has 1 N–H and O–H groups in total. The molecule has 0 aliphatic rings. The summed E-state index contributed by atoms with van der Waals surface area (Å²) >= 11 is 0. The van der Waals surface area contributed by atoms with E-state index >= 15 is 0 Å². The highest BCUT2D eigenvalue weighted by Crippen LogP contribution is 2.31. The minimum Gasteiger partial charge on any atom is -0.497 e. The smallest absolute Gasteiger partial charge is 0.132 e. The van der Waals surface area contributed by atoms with Gasteiger partial charge >= 0.3 is 0 Å². The van der Waals surface area contributed by atoms with E-state index in [4.69, 9.17) is 9.47 Å². The van der Waals surface area contributed by atoms with Gasteiger partial charge in [-0.2, -0.15) is 0 Å². The molecule has 0 amide bonds. The first-order valence-electron chi connectivity index (χ1n) is 6.48. The molecule has 0 saturated heterocycles. The molecule has 2 aromatic rings. The van der Waals surface area contributed by atoms with E-state index in [0.717, 1.165) is 40.7 Å². The van der Waals surface area contributed by atoms with Crippen molar-refractivity contribution in [2.75, 3.05) is 26.1 Å². The van der Waals surface area contributed by atoms with Crippen LogP contribution < -0.4 is 14.8 Å². The van der Waals surface area contributed by atoms with Crippen LogP contribution in [0.1, 0.15) is 12.5 Å². The molecule has 0 atom stereocenters. The van der Waals surface area contributed by atoms with E-state index in [-0.39, 0.29) is 0 Å². The first-order valence-corrected chi connectivity index (χ1v) is 6.48. The van der Waals surface area contributed by atoms with Crippen molar-refractivity contribution in [2.45, 2.75) is 13.8 Å². The van der Waals surface area contributed by atoms with Crippen LogP contribution >= 0.6 is 0 Å². The molecule has 0 spiro atoms. The van der Waals surface area contributed by atoms with Gasteiger partial charge in [0, 0.05) is 23.7 Å². The van der Waals surface area contributed by atoms with Crippen molar-refractivity contribution in [3.05, 3.63) is 30.1 Å². The van der Waals surface area contributed by atoms with Crippen LogP contribution in [-0.4, -0.2) is 30.7 Å². The first-order chi connectivity index (χ1) is 9.69. The van der Waals surface area contributed by atoms with E-state index in [2.05, 4.69) is 15.3 Å². The van der Waals surface area contributed by atoms with E-state index in [1.54, 1.807) is 20.5 Å². The standard InChI is InChI=1S/C15H19N3O2/c1-5-16-15-10(2)14(17-9-18-15)11-6-12(19-3)8-13(7-11)20-4/h6-9H,5H2,1-4H3,(H,16,17,18). The van der Waals surface area contributed by atoms with Gasteiger partial charge in [-0.3, -0.25) is 0 Å². The summed E-state index contributed by atoms with van der Waals surface area (Å²) in [6.45, 7) is 4.85. The molecular formula is C15H19N3O2. The zero-order valence-corrected chi connectivity index (χ0v) is 12.2. The minimum absolute atomic E-state index is 0.738. The molecule has 5 nitrogen and oxygen atoms in total. The van der Waals surface area contributed by atoms with Crippen LogP contribution in [0.3, 0.4) is 0 Å². The molecule has 20 heavy (non-hydrogen) atoms. The third-order valence-electron chi connectivity index (χ3n) is 3.05. The fourth-order valence-electron chi connectivity index (χ4n) is 2.03. The Hall–Kier alpha value is -2.30. The number of anilines is 1. The summed E-state index contributed by atoms with van der Waals surface area (Å²) in [6, 6.07) is 5.71. The van der Waals surface area contributed by atoms with Gasteiger partial charge < -0.3 is 14.8 Å². The number of ether oxygens (including phenoxy) is 2. The Balaban J connectivity index is 2.53. The fourth-order valence-corrected chi connectivity index (χ4v) is 2.03. The average molecular weight is 273 g/mol. The third kappa shape index (κ3) is 2.82. The van der Waals surface area contributed by atoms with Gasteiger partial charge in [0.2, 0.25) is 0 Å². The molecule has 0 bridgehead atoms. The lowest BCUT2D eigenvalue weighted by molar-refractivity contribution is 0.394. The van der Waals surface area contributed by atoms with Crippen molar-refractivity contribution in [2.24, 2.45) is 0 Å². The van der Waals surface area contributed by atoms with Gasteiger partial charge in [0.1, 0.15) is 23.6 Å². The number of hydrogen-bond acceptors (Lipinski definition) is 5. The van der Waals surface area contributed by atoms with Crippen molar-refractivity contribution >= 4 is 5.82 Å². The molecule has 0 aliphatic heterocycles. The van der Waals surface area contributed by atoms with Crippen LogP contribution in [0.5, 0.6) is 11.5 Å². The van der Waals surface area contributed by atoms with Gasteiger partial charge in [0.25, 0.3) is 0 Å². The second-order valence-electron chi connectivity index (χ2n) is 4.33. The van der Waals surface area contributed by atoms with E-state index < -0.39 is 0 Å². The van der Waals surface area contributed by atoms with Crippen molar-refractivity contribution in [1.82, 2.24) is 9.97 Å². The summed E-state index contributed by atoms with van der Waals surface area (Å²) in [5, 5.41) is 3.23. The SMILES string of the molecule is CCNc1ncnc(-c2cc(OC)cc(OC)c2)c1C. The van der Waals surface area contributed by atoms with Gasteiger partial charge in [0.15, 0.2) is 0 Å². The van der Waals surface area contributed by atoms with Crippen molar-refractivity contribution in [1.29, 1.82) is 0 Å². The zero-order valence-electron chi connectivity index (χ0n) is 12.2. The molecule has 1 heterocycles. The van der Waals surface area contributed by atoms with Crippen molar-refractivity contribution in [3.63, 3.8) is 0 Å². The number of aromatic nitrogens is 2. The number of methoxy groups -OCH3 is 2. The van der Waals surface area contributed by atoms with Crippen LogP contribution in [0.4, 0.5) is 5.82 Å². The van der Waals surface area contributed by atoms with Gasteiger partial charge in [-0.25, -0.2) is 9.97 Å². The maximum atomic E-state index is 5.30. The molecular weight excluding hydrogens is 254 g/mol. The summed E-state index contributed by atoms with van der Waals surface area (Å²) in [7, 11) is 3.27. The van der Waals surface area contributed by atoms with Gasteiger partial charge in [-0.15, -0.1) is 0 Å². The molecule has 0 unspecified atom stereocenters. The molecule has 1 aromatic heterocycles. The van der Waals surface area contributed by atoms with Crippen molar-refractivity contribution in [3.8, 4) is 22.8 Å². The highest BCUT2D eigenvalue weighted by Gasteiger charge is 2.11. The zero-order chi connectivity index (χ0) is 14.5. The molecule has 0 aliphatic carbocycles. The predicted molar refractivity (Wildman–Crippen MR) is 79.5 cm³/mol. The van der Waals surface area contributed by atoms with Crippen LogP contribution in [-0.2, 0) is 0 Å². The number of nitrogens with zero attached hydrogens (tertiary/aromatic N) is 2. The Kier molecular flexibility index (Phi) is 4.40. The van der Waals surface area contributed by atoms with E-state index in [1.165, 1.54) is 0 Å². The summed E-state index contributed by atoms with van der Waals surface area (Å²) in [6.07, 6.45) is 1.56. The largest absolute Gasteiger partial charge is 0.497 e. The van der Waals surface area contributed by atoms with Gasteiger partial charge in [0.05, 0.1) is 19.9 Å². The third-order valence-corrected chi connectivity index (χ3v) is 3.05. The Bertz CT molecular complexity index is 577. The molecule has 1 aromatic carbocycles. The fraction of sp³-hybridized carbons (Fsp3) is 0.333. The topological polar surface area (TPSA) is 56.3 Å². The average Bonchev–Trinajstić information content (AvgIpc) is 2.49. The highest BCUT2D eigenvalue weighted by atomic mass is 16.5. The molecule has 2 rings (SSSR count).